The molecule has 0 heterocycles. The fraction of sp³-hybridized carbons (Fsp3) is 0.0513. The largest absolute Gasteiger partial charge is 1.00 e. The van der Waals surface area contributed by atoms with Crippen LogP contribution in [0.15, 0.2) is 182 Å². The molecule has 0 spiro atoms. The van der Waals surface area contributed by atoms with E-state index >= 15 is 0 Å². The number of hydrogen-bond acceptors (Lipinski definition) is 1. The molecule has 6 aromatic rings. The molecule has 0 radical (unpaired) electrons. The summed E-state index contributed by atoms with van der Waals surface area (Å²) in [5.41, 5.74) is 0. The van der Waals surface area contributed by atoms with Crippen molar-refractivity contribution >= 4 is 52.1 Å². The Labute approximate surface area is 262 Å². The predicted octanol–water partition coefficient (Wildman–Crippen LogP) is 3.55. The van der Waals surface area contributed by atoms with E-state index in [2.05, 4.69) is 182 Å². The number of hydrogen-bond donors (Lipinski definition) is 0. The summed E-state index contributed by atoms with van der Waals surface area (Å²) in [5, 5.41) is 7.41. The van der Waals surface area contributed by atoms with Crippen LogP contribution in [-0.2, 0) is 4.79 Å². The molecule has 0 bridgehead atoms. The molecule has 43 heavy (non-hydrogen) atoms. The Balaban J connectivity index is 0.00000368. The van der Waals surface area contributed by atoms with Crippen molar-refractivity contribution in [2.75, 3.05) is 12.3 Å². The van der Waals surface area contributed by atoms with Crippen LogP contribution in [0.5, 0.6) is 0 Å². The van der Waals surface area contributed by atoms with Crippen molar-refractivity contribution in [3.63, 3.8) is 0 Å². The van der Waals surface area contributed by atoms with E-state index in [-0.39, 0.29) is 12.4 Å². The molecule has 0 aliphatic carbocycles. The van der Waals surface area contributed by atoms with Crippen LogP contribution in [0.1, 0.15) is 0 Å². The normalized spacial score (nSPS) is 11.3. The lowest BCUT2D eigenvalue weighted by Gasteiger charge is -2.30. The Morgan fingerprint density at radius 3 is 0.651 bits per heavy atom. The fourth-order valence-corrected chi connectivity index (χ4v) is 14.5. The van der Waals surface area contributed by atoms with Crippen molar-refractivity contribution < 1.29 is 17.2 Å². The molecule has 4 heteroatoms. The molecular weight excluding hydrogens is 582 g/mol. The monoisotopic (exact) mass is 615 g/mol. The van der Waals surface area contributed by atoms with E-state index in [0.29, 0.717) is 18.1 Å². The highest BCUT2D eigenvalue weighted by Gasteiger charge is 2.52. The summed E-state index contributed by atoms with van der Waals surface area (Å²) >= 11 is 0. The van der Waals surface area contributed by atoms with Crippen molar-refractivity contribution in [2.24, 2.45) is 0 Å². The van der Waals surface area contributed by atoms with Crippen LogP contribution in [0.25, 0.3) is 0 Å². The Bertz CT molecular complexity index is 1390. The first-order valence-corrected chi connectivity index (χ1v) is 18.3. The van der Waals surface area contributed by atoms with Gasteiger partial charge in [-0.3, -0.25) is 4.79 Å². The first-order valence-electron chi connectivity index (χ1n) is 14.3. The van der Waals surface area contributed by atoms with Gasteiger partial charge in [0.2, 0.25) is 5.78 Å². The van der Waals surface area contributed by atoms with Gasteiger partial charge < -0.3 is 12.4 Å². The molecule has 0 aromatic heterocycles. The molecular formula is C39H34ClOP2+. The second kappa shape index (κ2) is 14.1. The maximum Gasteiger partial charge on any atom is 0.209 e. The van der Waals surface area contributed by atoms with Crippen LogP contribution in [0, 0.1) is 0 Å². The van der Waals surface area contributed by atoms with Gasteiger partial charge in [-0.05, 0) is 72.8 Å². The lowest BCUT2D eigenvalue weighted by molar-refractivity contribution is -0.114. The molecule has 212 valence electrons. The number of ketones is 1. The second-order valence-electron chi connectivity index (χ2n) is 10.5. The van der Waals surface area contributed by atoms with Gasteiger partial charge in [0.25, 0.3) is 0 Å². The van der Waals surface area contributed by atoms with Gasteiger partial charge in [0.05, 0.1) is 0 Å². The van der Waals surface area contributed by atoms with E-state index in [1.807, 2.05) is 0 Å². The topological polar surface area (TPSA) is 17.1 Å². The fourth-order valence-electron chi connectivity index (χ4n) is 6.12. The summed E-state index contributed by atoms with van der Waals surface area (Å²) < 4.78 is 0. The zero-order valence-electron chi connectivity index (χ0n) is 23.9. The highest BCUT2D eigenvalue weighted by Crippen LogP contribution is 2.59. The third kappa shape index (κ3) is 6.13. The van der Waals surface area contributed by atoms with Crippen molar-refractivity contribution in [3.05, 3.63) is 182 Å². The predicted molar refractivity (Wildman–Crippen MR) is 185 cm³/mol. The van der Waals surface area contributed by atoms with Gasteiger partial charge in [0, 0.05) is 0 Å². The lowest BCUT2D eigenvalue weighted by Crippen LogP contribution is -3.00. The molecule has 0 N–H and O–H groups in total. The van der Waals surface area contributed by atoms with Crippen LogP contribution in [0.3, 0.4) is 0 Å². The molecule has 6 rings (SSSR count). The minimum atomic E-state index is -2.30. The molecule has 1 nitrogen and oxygen atoms in total. The number of rotatable bonds is 10. The number of carbonyl (C=O) groups is 1. The van der Waals surface area contributed by atoms with Gasteiger partial charge in [-0.2, -0.15) is 0 Å². The van der Waals surface area contributed by atoms with E-state index in [9.17, 15) is 4.79 Å². The first kappa shape index (κ1) is 30.6. The number of carbonyl (C=O) groups excluding carboxylic acids is 1. The van der Waals surface area contributed by atoms with E-state index in [4.69, 9.17) is 0 Å². The summed E-state index contributed by atoms with van der Waals surface area (Å²) in [6.45, 7) is 0. The Kier molecular flexibility index (Phi) is 10.0. The summed E-state index contributed by atoms with van der Waals surface area (Å²) in [6, 6.07) is 64.3. The highest BCUT2D eigenvalue weighted by atomic mass is 35.5. The van der Waals surface area contributed by atoms with Crippen molar-refractivity contribution in [1.29, 1.82) is 0 Å². The molecule has 0 aliphatic rings. The third-order valence-electron chi connectivity index (χ3n) is 8.01. The Morgan fingerprint density at radius 1 is 0.326 bits per heavy atom. The molecule has 0 aliphatic heterocycles. The molecule has 0 saturated heterocycles. The summed E-state index contributed by atoms with van der Waals surface area (Å²) in [4.78, 5) is 15.0. The maximum absolute atomic E-state index is 15.0. The van der Waals surface area contributed by atoms with Crippen LogP contribution < -0.4 is 44.2 Å². The summed E-state index contributed by atoms with van der Waals surface area (Å²) in [7, 11) is -4.60. The minimum Gasteiger partial charge on any atom is -1.00 e. The van der Waals surface area contributed by atoms with E-state index in [1.165, 1.54) is 31.8 Å². The van der Waals surface area contributed by atoms with Gasteiger partial charge in [-0.15, -0.1) is 0 Å². The molecule has 0 saturated carbocycles. The van der Waals surface area contributed by atoms with Crippen LogP contribution in [0.4, 0.5) is 0 Å². The smallest absolute Gasteiger partial charge is 0.209 e. The van der Waals surface area contributed by atoms with E-state index in [0.717, 1.165) is 0 Å². The van der Waals surface area contributed by atoms with Crippen molar-refractivity contribution in [2.45, 2.75) is 0 Å². The Morgan fingerprint density at radius 2 is 0.488 bits per heavy atom. The summed E-state index contributed by atoms with van der Waals surface area (Å²) in [5.74, 6) is 0.296. The zero-order chi connectivity index (χ0) is 28.7. The molecule has 0 unspecified atom stereocenters. The van der Waals surface area contributed by atoms with Gasteiger partial charge in [0.15, 0.2) is 0 Å². The van der Waals surface area contributed by atoms with E-state index < -0.39 is 14.5 Å². The van der Waals surface area contributed by atoms with Crippen LogP contribution in [0.2, 0.25) is 0 Å². The standard InChI is InChI=1S/C39H34OP2.ClH/c40-33(31-41(34-19-7-1-8-20-34,35-21-9-2-10-22-35)36-23-11-3-12-24-36)32-42(37-25-13-4-14-26-37,38-27-15-5-16-28-38)39-29-17-6-18-30-39;/h1-30H,31-32H2;1H/q+2;/p-1. The Hall–Kier alpha value is -3.86. The SMILES string of the molecule is O=C(C[P+](c1ccccc1)(c1ccccc1)c1ccccc1)C[P+](c1ccccc1)(c1ccccc1)c1ccccc1.[Cl-]. The second-order valence-corrected chi connectivity index (χ2v) is 17.5. The molecule has 0 fully saturated rings. The van der Waals surface area contributed by atoms with Gasteiger partial charge in [0.1, 0.15) is 58.7 Å². The minimum absolute atomic E-state index is 0. The third-order valence-corrected chi connectivity index (χ3v) is 16.7. The average Bonchev–Trinajstić information content (AvgIpc) is 3.08. The van der Waals surface area contributed by atoms with Crippen molar-refractivity contribution in [1.82, 2.24) is 0 Å². The van der Waals surface area contributed by atoms with Crippen molar-refractivity contribution in [3.8, 4) is 0 Å². The van der Waals surface area contributed by atoms with E-state index in [1.54, 1.807) is 0 Å². The lowest BCUT2D eigenvalue weighted by atomic mass is 10.3. The van der Waals surface area contributed by atoms with Gasteiger partial charge in [-0.1, -0.05) is 109 Å². The first-order chi connectivity index (χ1) is 20.7. The summed E-state index contributed by atoms with van der Waals surface area (Å²) in [6.07, 6.45) is 0.943. The average molecular weight is 616 g/mol. The van der Waals surface area contributed by atoms with Crippen LogP contribution in [-0.4, -0.2) is 18.1 Å². The molecule has 0 amide bonds. The number of benzene rings is 6. The number of halogens is 1. The number of Topliss-reactive ketones (excluding diaryl/α,β-unsaturated/α-hetero) is 1. The zero-order valence-corrected chi connectivity index (χ0v) is 26.5. The van der Waals surface area contributed by atoms with Gasteiger partial charge in [-0.25, -0.2) is 0 Å². The maximum atomic E-state index is 15.0. The van der Waals surface area contributed by atoms with Crippen LogP contribution >= 0.6 is 14.5 Å². The highest BCUT2D eigenvalue weighted by molar-refractivity contribution is 7.97. The molecule has 6 aromatic carbocycles. The quantitative estimate of drug-likeness (QED) is 0.216. The van der Waals surface area contributed by atoms with Gasteiger partial charge >= 0.3 is 0 Å². The molecule has 0 atom stereocenters.